The van der Waals surface area contributed by atoms with Crippen LogP contribution in [0, 0.1) is 0 Å². The Hall–Kier alpha value is -3.60. The molecule has 0 saturated carbocycles. The molecular weight excluding hydrogens is 354 g/mol. The lowest BCUT2D eigenvalue weighted by atomic mass is 9.97. The third kappa shape index (κ3) is 3.88. The summed E-state index contributed by atoms with van der Waals surface area (Å²) in [7, 11) is 0. The van der Waals surface area contributed by atoms with Crippen molar-refractivity contribution in [2.75, 3.05) is 11.4 Å². The normalized spacial score (nSPS) is 10.5. The standard InChI is InChI=1S/C23H21NO4/c1-2-14-24(16-8-4-3-5-9-16)17-12-13-20(21(25)15-17)22(26)18-10-6-7-11-19(18)23(27)28/h3-13,15,25H,2,14H2,1H3,(H,27,28). The van der Waals surface area contributed by atoms with E-state index in [2.05, 4.69) is 11.8 Å². The smallest absolute Gasteiger partial charge is 0.336 e. The van der Waals surface area contributed by atoms with Crippen LogP contribution in [-0.4, -0.2) is 28.5 Å². The first-order chi connectivity index (χ1) is 13.5. The zero-order valence-corrected chi connectivity index (χ0v) is 15.5. The Morgan fingerprint density at radius 2 is 1.46 bits per heavy atom. The van der Waals surface area contributed by atoms with E-state index in [9.17, 15) is 19.8 Å². The highest BCUT2D eigenvalue weighted by atomic mass is 16.4. The molecule has 0 aliphatic heterocycles. The van der Waals surface area contributed by atoms with Gasteiger partial charge in [-0.1, -0.05) is 43.3 Å². The van der Waals surface area contributed by atoms with E-state index in [1.54, 1.807) is 24.3 Å². The van der Waals surface area contributed by atoms with Crippen molar-refractivity contribution in [3.63, 3.8) is 0 Å². The Labute approximate surface area is 163 Å². The van der Waals surface area contributed by atoms with E-state index >= 15 is 0 Å². The van der Waals surface area contributed by atoms with E-state index in [-0.39, 0.29) is 22.4 Å². The molecule has 0 spiro atoms. The maximum atomic E-state index is 12.8. The summed E-state index contributed by atoms with van der Waals surface area (Å²) in [6.07, 6.45) is 0.905. The number of anilines is 2. The van der Waals surface area contributed by atoms with E-state index in [4.69, 9.17) is 0 Å². The van der Waals surface area contributed by atoms with Crippen molar-refractivity contribution in [3.05, 3.63) is 89.5 Å². The van der Waals surface area contributed by atoms with Crippen LogP contribution in [0.25, 0.3) is 0 Å². The summed E-state index contributed by atoms with van der Waals surface area (Å²) in [5.74, 6) is -1.89. The highest BCUT2D eigenvalue weighted by Crippen LogP contribution is 2.31. The summed E-state index contributed by atoms with van der Waals surface area (Å²) in [4.78, 5) is 26.3. The highest BCUT2D eigenvalue weighted by molar-refractivity contribution is 6.15. The largest absolute Gasteiger partial charge is 0.507 e. The summed E-state index contributed by atoms with van der Waals surface area (Å²) in [6.45, 7) is 2.81. The van der Waals surface area contributed by atoms with Crippen molar-refractivity contribution in [1.29, 1.82) is 0 Å². The fourth-order valence-corrected chi connectivity index (χ4v) is 3.13. The quantitative estimate of drug-likeness (QED) is 0.576. The van der Waals surface area contributed by atoms with Crippen LogP contribution in [0.5, 0.6) is 5.75 Å². The van der Waals surface area contributed by atoms with Crippen LogP contribution < -0.4 is 4.90 Å². The fourth-order valence-electron chi connectivity index (χ4n) is 3.13. The fraction of sp³-hybridized carbons (Fsp3) is 0.130. The number of para-hydroxylation sites is 1. The molecule has 2 N–H and O–H groups in total. The van der Waals surface area contributed by atoms with Crippen LogP contribution in [0.15, 0.2) is 72.8 Å². The van der Waals surface area contributed by atoms with Gasteiger partial charge < -0.3 is 15.1 Å². The van der Waals surface area contributed by atoms with E-state index in [0.29, 0.717) is 0 Å². The molecule has 0 aliphatic carbocycles. The molecule has 0 bridgehead atoms. The molecule has 0 amide bonds. The van der Waals surface area contributed by atoms with Crippen LogP contribution in [-0.2, 0) is 0 Å². The van der Waals surface area contributed by atoms with Crippen molar-refractivity contribution in [2.24, 2.45) is 0 Å². The molecule has 3 aromatic carbocycles. The molecule has 0 saturated heterocycles. The number of aromatic hydroxyl groups is 1. The third-order valence-corrected chi connectivity index (χ3v) is 4.45. The second kappa shape index (κ2) is 8.39. The maximum absolute atomic E-state index is 12.8. The minimum Gasteiger partial charge on any atom is -0.507 e. The number of aromatic carboxylic acids is 1. The van der Waals surface area contributed by atoms with Gasteiger partial charge in [-0.3, -0.25) is 4.79 Å². The average molecular weight is 375 g/mol. The Balaban J connectivity index is 1.98. The molecule has 0 aliphatic rings. The van der Waals surface area contributed by atoms with Crippen LogP contribution in [0.2, 0.25) is 0 Å². The number of nitrogens with zero attached hydrogens (tertiary/aromatic N) is 1. The molecule has 0 heterocycles. The predicted molar refractivity (Wildman–Crippen MR) is 109 cm³/mol. The van der Waals surface area contributed by atoms with E-state index in [0.717, 1.165) is 24.3 Å². The average Bonchev–Trinajstić information content (AvgIpc) is 2.72. The minimum atomic E-state index is -1.18. The Bertz CT molecular complexity index is 998. The number of carbonyl (C=O) groups excluding carboxylic acids is 1. The molecule has 0 radical (unpaired) electrons. The molecule has 3 rings (SSSR count). The van der Waals surface area contributed by atoms with Crippen LogP contribution in [0.1, 0.15) is 39.6 Å². The first-order valence-electron chi connectivity index (χ1n) is 9.05. The number of hydrogen-bond donors (Lipinski definition) is 2. The van der Waals surface area contributed by atoms with Crippen molar-refractivity contribution in [2.45, 2.75) is 13.3 Å². The van der Waals surface area contributed by atoms with Crippen molar-refractivity contribution in [1.82, 2.24) is 0 Å². The zero-order chi connectivity index (χ0) is 20.1. The number of benzene rings is 3. The summed E-state index contributed by atoms with van der Waals surface area (Å²) in [5, 5.41) is 19.8. The number of phenolic OH excluding ortho intramolecular Hbond substituents is 1. The van der Waals surface area contributed by atoms with Gasteiger partial charge in [0, 0.05) is 29.5 Å². The molecule has 0 aromatic heterocycles. The topological polar surface area (TPSA) is 77.8 Å². The maximum Gasteiger partial charge on any atom is 0.336 e. The number of phenols is 1. The molecular formula is C23H21NO4. The molecule has 142 valence electrons. The summed E-state index contributed by atoms with van der Waals surface area (Å²) in [6, 6.07) is 20.6. The van der Waals surface area contributed by atoms with Crippen molar-refractivity contribution < 1.29 is 19.8 Å². The van der Waals surface area contributed by atoms with E-state index in [1.165, 1.54) is 18.2 Å². The highest BCUT2D eigenvalue weighted by Gasteiger charge is 2.21. The lowest BCUT2D eigenvalue weighted by Gasteiger charge is -2.25. The number of rotatable bonds is 7. The SMILES string of the molecule is CCCN(c1ccccc1)c1ccc(C(=O)c2ccccc2C(=O)O)c(O)c1. The minimum absolute atomic E-state index is 0.0477. The van der Waals surface area contributed by atoms with Gasteiger partial charge in [-0.25, -0.2) is 4.79 Å². The van der Waals surface area contributed by atoms with Gasteiger partial charge in [0.05, 0.1) is 11.1 Å². The number of carboxylic acid groups (broad SMARTS) is 1. The molecule has 0 atom stereocenters. The van der Waals surface area contributed by atoms with Crippen molar-refractivity contribution in [3.8, 4) is 5.75 Å². The van der Waals surface area contributed by atoms with E-state index < -0.39 is 11.8 Å². The van der Waals surface area contributed by atoms with Crippen LogP contribution in [0.3, 0.4) is 0 Å². The summed E-state index contributed by atoms with van der Waals surface area (Å²) < 4.78 is 0. The second-order valence-corrected chi connectivity index (χ2v) is 6.37. The van der Waals surface area contributed by atoms with Gasteiger partial charge in [-0.15, -0.1) is 0 Å². The van der Waals surface area contributed by atoms with Crippen LogP contribution in [0.4, 0.5) is 11.4 Å². The van der Waals surface area contributed by atoms with Gasteiger partial charge in [-0.2, -0.15) is 0 Å². The van der Waals surface area contributed by atoms with Gasteiger partial charge in [0.2, 0.25) is 0 Å². The Morgan fingerprint density at radius 3 is 2.07 bits per heavy atom. The molecule has 28 heavy (non-hydrogen) atoms. The van der Waals surface area contributed by atoms with Gasteiger partial charge >= 0.3 is 5.97 Å². The number of carboxylic acids is 1. The predicted octanol–water partition coefficient (Wildman–Crippen LogP) is 4.87. The first-order valence-corrected chi connectivity index (χ1v) is 9.05. The lowest BCUT2D eigenvalue weighted by Crippen LogP contribution is -2.18. The molecule has 5 heteroatoms. The summed E-state index contributed by atoms with van der Waals surface area (Å²) >= 11 is 0. The van der Waals surface area contributed by atoms with Crippen LogP contribution >= 0.6 is 0 Å². The van der Waals surface area contributed by atoms with Crippen molar-refractivity contribution >= 4 is 23.1 Å². The van der Waals surface area contributed by atoms with Gasteiger partial charge in [0.15, 0.2) is 5.78 Å². The zero-order valence-electron chi connectivity index (χ0n) is 15.5. The molecule has 0 fully saturated rings. The number of ketones is 1. The Kier molecular flexibility index (Phi) is 5.75. The molecule has 5 nitrogen and oxygen atoms in total. The number of hydrogen-bond acceptors (Lipinski definition) is 4. The molecule has 0 unspecified atom stereocenters. The van der Waals surface area contributed by atoms with Gasteiger partial charge in [-0.05, 0) is 36.8 Å². The Morgan fingerprint density at radius 1 is 0.821 bits per heavy atom. The third-order valence-electron chi connectivity index (χ3n) is 4.45. The summed E-state index contributed by atoms with van der Waals surface area (Å²) in [5.41, 5.74) is 1.77. The van der Waals surface area contributed by atoms with E-state index in [1.807, 2.05) is 30.3 Å². The number of carbonyl (C=O) groups is 2. The van der Waals surface area contributed by atoms with Gasteiger partial charge in [0.25, 0.3) is 0 Å². The lowest BCUT2D eigenvalue weighted by molar-refractivity contribution is 0.0692. The first kappa shape index (κ1) is 19.2. The molecule has 3 aromatic rings. The monoisotopic (exact) mass is 375 g/mol. The van der Waals surface area contributed by atoms with Gasteiger partial charge in [0.1, 0.15) is 5.75 Å². The second-order valence-electron chi connectivity index (χ2n) is 6.37.